The van der Waals surface area contributed by atoms with E-state index in [9.17, 15) is 14.4 Å². The lowest BCUT2D eigenvalue weighted by Crippen LogP contribution is -2.54. The van der Waals surface area contributed by atoms with Crippen LogP contribution in [0, 0.1) is 17.8 Å². The molecule has 2 aromatic heterocycles. The van der Waals surface area contributed by atoms with Gasteiger partial charge < -0.3 is 30.6 Å². The van der Waals surface area contributed by atoms with Crippen molar-refractivity contribution < 1.29 is 19.1 Å². The molecular weight excluding hydrogens is 644 g/mol. The standard InChI is InChI=1S/C39H50N8O4/c1-22(2)24(5)37(49)47-16-8-11-33(47)35-40-21-32(43-35)28-15-14-25-17-27(13-12-26(25)18-28)29-19-41-38(42-20-29)45-31-10-7-9-30(31)44-36(48)34(23(3)4)46-39(50)51-6/h12-15,17-24,30-31,33-34H,7-11,16H2,1-6H3,(H,40,43)(H,44,48)(H,46,50)(H,41,42,45)/t24-,30+,31+,33-,34-/m0/s1. The molecule has 1 aliphatic heterocycles. The minimum absolute atomic E-state index is 0.0137. The number of imidazole rings is 1. The van der Waals surface area contributed by atoms with Gasteiger partial charge in [0.05, 0.1) is 18.8 Å². The van der Waals surface area contributed by atoms with Gasteiger partial charge in [-0.25, -0.2) is 19.7 Å². The Morgan fingerprint density at radius 2 is 1.55 bits per heavy atom. The van der Waals surface area contributed by atoms with Gasteiger partial charge in [0.25, 0.3) is 0 Å². The molecule has 0 bridgehead atoms. The smallest absolute Gasteiger partial charge is 0.407 e. The average molecular weight is 695 g/mol. The quantitative estimate of drug-likeness (QED) is 0.139. The van der Waals surface area contributed by atoms with Crippen LogP contribution in [-0.4, -0.2) is 74.5 Å². The van der Waals surface area contributed by atoms with Crippen LogP contribution in [0.3, 0.4) is 0 Å². The van der Waals surface area contributed by atoms with Crippen LogP contribution in [0.1, 0.15) is 78.6 Å². The fourth-order valence-corrected chi connectivity index (χ4v) is 7.12. The number of amides is 3. The van der Waals surface area contributed by atoms with Crippen LogP contribution in [0.4, 0.5) is 10.7 Å². The molecule has 2 aromatic carbocycles. The van der Waals surface area contributed by atoms with Gasteiger partial charge >= 0.3 is 6.09 Å². The summed E-state index contributed by atoms with van der Waals surface area (Å²) >= 11 is 0. The van der Waals surface area contributed by atoms with E-state index in [0.717, 1.165) is 77.6 Å². The Kier molecular flexibility index (Phi) is 10.9. The maximum atomic E-state index is 13.2. The molecule has 2 aliphatic rings. The zero-order valence-electron chi connectivity index (χ0n) is 30.4. The summed E-state index contributed by atoms with van der Waals surface area (Å²) in [6, 6.07) is 11.8. The Bertz CT molecular complexity index is 1860. The predicted molar refractivity (Wildman–Crippen MR) is 198 cm³/mol. The van der Waals surface area contributed by atoms with Crippen LogP contribution in [0.25, 0.3) is 33.2 Å². The molecule has 3 amide bonds. The van der Waals surface area contributed by atoms with Crippen LogP contribution in [0.15, 0.2) is 55.0 Å². The highest BCUT2D eigenvalue weighted by molar-refractivity contribution is 5.90. The van der Waals surface area contributed by atoms with E-state index < -0.39 is 12.1 Å². The highest BCUT2D eigenvalue weighted by Crippen LogP contribution is 2.34. The second-order valence-corrected chi connectivity index (χ2v) is 14.6. The first-order chi connectivity index (χ1) is 24.5. The number of benzene rings is 2. The molecule has 1 aliphatic carbocycles. The third-order valence-electron chi connectivity index (χ3n) is 10.5. The molecule has 51 heavy (non-hydrogen) atoms. The molecule has 0 radical (unpaired) electrons. The molecule has 5 atom stereocenters. The van der Waals surface area contributed by atoms with Crippen molar-refractivity contribution in [2.24, 2.45) is 17.8 Å². The Hall–Kier alpha value is -5.00. The van der Waals surface area contributed by atoms with Crippen molar-refractivity contribution in [1.29, 1.82) is 0 Å². The van der Waals surface area contributed by atoms with E-state index in [4.69, 9.17) is 9.72 Å². The van der Waals surface area contributed by atoms with Gasteiger partial charge in [-0.1, -0.05) is 58.9 Å². The first kappa shape index (κ1) is 35.8. The summed E-state index contributed by atoms with van der Waals surface area (Å²) in [7, 11) is 1.28. The molecule has 0 unspecified atom stereocenters. The highest BCUT2D eigenvalue weighted by Gasteiger charge is 2.35. The molecule has 270 valence electrons. The Morgan fingerprint density at radius 3 is 2.24 bits per heavy atom. The number of aromatic amines is 1. The summed E-state index contributed by atoms with van der Waals surface area (Å²) in [4.78, 5) is 57.5. The first-order valence-electron chi connectivity index (χ1n) is 18.2. The fraction of sp³-hybridized carbons (Fsp3) is 0.487. The van der Waals surface area contributed by atoms with Crippen LogP contribution >= 0.6 is 0 Å². The van der Waals surface area contributed by atoms with Gasteiger partial charge in [0.2, 0.25) is 17.8 Å². The number of fused-ring (bicyclic) bond motifs is 1. The lowest BCUT2D eigenvalue weighted by atomic mass is 9.96. The van der Waals surface area contributed by atoms with Crippen LogP contribution in [0.2, 0.25) is 0 Å². The van der Waals surface area contributed by atoms with Crippen LogP contribution in [0.5, 0.6) is 0 Å². The largest absolute Gasteiger partial charge is 0.453 e. The van der Waals surface area contributed by atoms with E-state index in [0.29, 0.717) is 11.9 Å². The molecule has 12 nitrogen and oxygen atoms in total. The molecule has 1 saturated heterocycles. The number of carbonyl (C=O) groups is 3. The monoisotopic (exact) mass is 694 g/mol. The maximum Gasteiger partial charge on any atom is 0.407 e. The fourth-order valence-electron chi connectivity index (χ4n) is 7.12. The van der Waals surface area contributed by atoms with Gasteiger partial charge in [-0.05, 0) is 72.4 Å². The molecule has 6 rings (SSSR count). The second kappa shape index (κ2) is 15.5. The van der Waals surface area contributed by atoms with E-state index in [-0.39, 0.29) is 41.8 Å². The second-order valence-electron chi connectivity index (χ2n) is 14.6. The third-order valence-corrected chi connectivity index (χ3v) is 10.5. The number of ether oxygens (including phenoxy) is 1. The number of nitrogens with one attached hydrogen (secondary N) is 4. The van der Waals surface area contributed by atoms with Gasteiger partial charge in [0, 0.05) is 54.3 Å². The summed E-state index contributed by atoms with van der Waals surface area (Å²) in [6.45, 7) is 10.8. The van der Waals surface area contributed by atoms with E-state index >= 15 is 0 Å². The Morgan fingerprint density at radius 1 is 0.863 bits per heavy atom. The Balaban J connectivity index is 1.10. The van der Waals surface area contributed by atoms with Gasteiger partial charge in [0.1, 0.15) is 11.9 Å². The van der Waals surface area contributed by atoms with E-state index in [1.807, 2.05) is 44.3 Å². The number of hydrogen-bond donors (Lipinski definition) is 4. The lowest BCUT2D eigenvalue weighted by Gasteiger charge is -2.27. The van der Waals surface area contributed by atoms with Crippen molar-refractivity contribution in [1.82, 2.24) is 35.5 Å². The number of hydrogen-bond acceptors (Lipinski definition) is 8. The number of H-pyrrole nitrogens is 1. The SMILES string of the molecule is COC(=O)N[C@H](C(=O)N[C@@H]1CCC[C@H]1Nc1ncc(-c2ccc3cc(-c4c[nH]c([C@@H]5CCCN5C(=O)[C@@H](C)C(C)C)n4)ccc3c2)cn1)C(C)C. The van der Waals surface area contributed by atoms with Crippen molar-refractivity contribution >= 4 is 34.6 Å². The highest BCUT2D eigenvalue weighted by atomic mass is 16.5. The molecule has 4 aromatic rings. The van der Waals surface area contributed by atoms with Crippen molar-refractivity contribution in [3.8, 4) is 22.4 Å². The predicted octanol–water partition coefficient (Wildman–Crippen LogP) is 6.47. The van der Waals surface area contributed by atoms with Crippen molar-refractivity contribution in [3.63, 3.8) is 0 Å². The normalized spacial score (nSPS) is 20.1. The molecule has 3 heterocycles. The summed E-state index contributed by atoms with van der Waals surface area (Å²) in [5.41, 5.74) is 3.79. The number of rotatable bonds is 11. The summed E-state index contributed by atoms with van der Waals surface area (Å²) in [6.07, 6.45) is 9.49. The lowest BCUT2D eigenvalue weighted by molar-refractivity contribution is -0.137. The first-order valence-corrected chi connectivity index (χ1v) is 18.2. The van der Waals surface area contributed by atoms with E-state index in [1.54, 1.807) is 0 Å². The van der Waals surface area contributed by atoms with Gasteiger partial charge in [-0.15, -0.1) is 0 Å². The van der Waals surface area contributed by atoms with Gasteiger partial charge in [-0.3, -0.25) is 9.59 Å². The van der Waals surface area contributed by atoms with Crippen LogP contribution < -0.4 is 16.0 Å². The molecule has 0 spiro atoms. The van der Waals surface area contributed by atoms with Crippen molar-refractivity contribution in [2.75, 3.05) is 19.0 Å². The number of anilines is 1. The molecule has 1 saturated carbocycles. The van der Waals surface area contributed by atoms with Gasteiger partial charge in [0.15, 0.2) is 0 Å². The number of carbonyl (C=O) groups excluding carboxylic acids is 3. The minimum Gasteiger partial charge on any atom is -0.453 e. The average Bonchev–Trinajstić information content (AvgIpc) is 3.91. The minimum atomic E-state index is -0.689. The summed E-state index contributed by atoms with van der Waals surface area (Å²) in [5, 5.41) is 11.3. The van der Waals surface area contributed by atoms with Crippen LogP contribution in [-0.2, 0) is 14.3 Å². The van der Waals surface area contributed by atoms with E-state index in [1.165, 1.54) is 7.11 Å². The number of methoxy groups -OCH3 is 1. The number of alkyl carbamates (subject to hydrolysis) is 1. The number of likely N-dealkylation sites (tertiary alicyclic amines) is 1. The number of aromatic nitrogens is 4. The zero-order valence-corrected chi connectivity index (χ0v) is 30.4. The third kappa shape index (κ3) is 8.00. The molecule has 12 heteroatoms. The summed E-state index contributed by atoms with van der Waals surface area (Å²) in [5.74, 6) is 1.51. The number of nitrogens with zero attached hydrogens (tertiary/aromatic N) is 4. The zero-order chi connectivity index (χ0) is 36.2. The molecule has 4 N–H and O–H groups in total. The molecular formula is C39H50N8O4. The maximum absolute atomic E-state index is 13.2. The topological polar surface area (TPSA) is 154 Å². The summed E-state index contributed by atoms with van der Waals surface area (Å²) < 4.78 is 4.70. The van der Waals surface area contributed by atoms with Gasteiger partial charge in [-0.2, -0.15) is 0 Å². The molecule has 2 fully saturated rings. The Labute approximate surface area is 299 Å². The van der Waals surface area contributed by atoms with Crippen molar-refractivity contribution in [3.05, 3.63) is 60.8 Å². The van der Waals surface area contributed by atoms with Crippen molar-refractivity contribution in [2.45, 2.75) is 90.9 Å². The van der Waals surface area contributed by atoms with E-state index in [2.05, 4.69) is 81.1 Å².